The molecule has 22 heavy (non-hydrogen) atoms. The van der Waals surface area contributed by atoms with Crippen molar-refractivity contribution < 1.29 is 36.8 Å². The Labute approximate surface area is 128 Å². The summed E-state index contributed by atoms with van der Waals surface area (Å²) in [7, 11) is -9.44. The molecule has 10 nitrogen and oxygen atoms in total. The second-order valence-electron chi connectivity index (χ2n) is 3.81. The molecular formula is C10H22N2O8P2. The van der Waals surface area contributed by atoms with Gasteiger partial charge in [-0.1, -0.05) is 13.8 Å². The Hall–Kier alpha value is -0.760. The maximum Gasteiger partial charge on any atom is 0.545 e. The van der Waals surface area contributed by atoms with Crippen LogP contribution >= 0.6 is 14.6 Å². The number of rotatable bonds is 11. The summed E-state index contributed by atoms with van der Waals surface area (Å²) < 4.78 is 44.3. The fourth-order valence-electron chi connectivity index (χ4n) is 1.02. The third kappa shape index (κ3) is 6.16. The van der Waals surface area contributed by atoms with E-state index >= 15 is 0 Å². The Morgan fingerprint density at radius 1 is 0.818 bits per heavy atom. The highest BCUT2D eigenvalue weighted by Gasteiger charge is 2.56. The highest BCUT2D eigenvalue weighted by molar-refractivity contribution is 8.28. The van der Waals surface area contributed by atoms with E-state index in [1.54, 1.807) is 0 Å². The minimum absolute atomic E-state index is 0.0700. The molecule has 0 aromatic rings. The molecule has 0 fully saturated rings. The first-order valence-corrected chi connectivity index (χ1v) is 10.4. The van der Waals surface area contributed by atoms with Crippen LogP contribution in [0.25, 0.3) is 0 Å². The highest BCUT2D eigenvalue weighted by Crippen LogP contribution is 2.83. The molecule has 0 aromatic heterocycles. The maximum absolute atomic E-state index is 12.7. The van der Waals surface area contributed by atoms with Gasteiger partial charge in [-0.15, -0.1) is 0 Å². The Kier molecular flexibility index (Phi) is 9.75. The Morgan fingerprint density at radius 3 is 1.45 bits per heavy atom. The molecule has 0 amide bonds. The van der Waals surface area contributed by atoms with Crippen molar-refractivity contribution in [3.63, 3.8) is 0 Å². The van der Waals surface area contributed by atoms with Crippen molar-refractivity contribution in [1.82, 2.24) is 0 Å². The van der Waals surface area contributed by atoms with Crippen LogP contribution in [0.2, 0.25) is 0 Å². The highest BCUT2D eigenvalue weighted by atomic mass is 32.1. The number of carbonyl (C=O) groups excluding carboxylic acids is 2. The third-order valence-corrected chi connectivity index (χ3v) is 7.53. The Morgan fingerprint density at radius 2 is 1.18 bits per heavy atom. The molecule has 0 saturated carbocycles. The van der Waals surface area contributed by atoms with Gasteiger partial charge in [-0.25, -0.2) is 9.13 Å². The summed E-state index contributed by atoms with van der Waals surface area (Å²) >= 11 is 0. The molecule has 130 valence electrons. The van der Waals surface area contributed by atoms with Crippen molar-refractivity contribution in [3.05, 3.63) is 0 Å². The van der Waals surface area contributed by atoms with Crippen LogP contribution in [0.4, 0.5) is 0 Å². The monoisotopic (exact) mass is 360 g/mol. The van der Waals surface area contributed by atoms with Gasteiger partial charge in [0.2, 0.25) is 0 Å². The topological polar surface area (TPSA) is 157 Å². The molecule has 0 spiro atoms. The van der Waals surface area contributed by atoms with Crippen LogP contribution in [-0.2, 0) is 36.8 Å². The Balaban J connectivity index is 5.60. The van der Waals surface area contributed by atoms with Crippen molar-refractivity contribution in [3.8, 4) is 0 Å². The van der Waals surface area contributed by atoms with Crippen molar-refractivity contribution >= 4 is 26.5 Å². The van der Waals surface area contributed by atoms with Crippen molar-refractivity contribution in [1.29, 1.82) is 0 Å². The molecule has 0 unspecified atom stereocenters. The standard InChI is InChI=1S/C10H22N2O8P2/c1-3-9(13)19-22(16,20-10(14)4-2)21(15,17-7-5-11)18-8-6-12/h3-8,11-12H2,1-2H3. The number of hydrogen-bond donors (Lipinski definition) is 2. The van der Waals surface area contributed by atoms with Crippen molar-refractivity contribution in [2.24, 2.45) is 11.5 Å². The van der Waals surface area contributed by atoms with E-state index < -0.39 is 26.5 Å². The zero-order valence-electron chi connectivity index (χ0n) is 12.6. The summed E-state index contributed by atoms with van der Waals surface area (Å²) in [5, 5.41) is 0. The van der Waals surface area contributed by atoms with Gasteiger partial charge in [0.25, 0.3) is 0 Å². The molecule has 0 aromatic carbocycles. The lowest BCUT2D eigenvalue weighted by Gasteiger charge is -2.24. The van der Waals surface area contributed by atoms with E-state index in [0.717, 1.165) is 0 Å². The number of hydrogen-bond acceptors (Lipinski definition) is 10. The van der Waals surface area contributed by atoms with Crippen LogP contribution in [0.15, 0.2) is 0 Å². The largest absolute Gasteiger partial charge is 0.545 e. The molecule has 0 atom stereocenters. The average Bonchev–Trinajstić information content (AvgIpc) is 2.50. The van der Waals surface area contributed by atoms with Crippen LogP contribution < -0.4 is 11.5 Å². The molecular weight excluding hydrogens is 338 g/mol. The first-order valence-electron chi connectivity index (χ1n) is 6.63. The van der Waals surface area contributed by atoms with Crippen LogP contribution in [0.1, 0.15) is 26.7 Å². The Bertz CT molecular complexity index is 436. The van der Waals surface area contributed by atoms with Gasteiger partial charge in [0, 0.05) is 25.9 Å². The van der Waals surface area contributed by atoms with Gasteiger partial charge >= 0.3 is 26.5 Å². The van der Waals surface area contributed by atoms with Crippen LogP contribution in [0, 0.1) is 0 Å². The van der Waals surface area contributed by atoms with Crippen LogP contribution in [0.5, 0.6) is 0 Å². The van der Waals surface area contributed by atoms with Crippen LogP contribution in [-0.4, -0.2) is 38.2 Å². The van der Waals surface area contributed by atoms with Gasteiger partial charge in [-0.05, 0) is 0 Å². The zero-order valence-corrected chi connectivity index (χ0v) is 14.3. The quantitative estimate of drug-likeness (QED) is 0.512. The van der Waals surface area contributed by atoms with E-state index in [2.05, 4.69) is 9.05 Å². The maximum atomic E-state index is 12.7. The zero-order chi connectivity index (χ0) is 17.2. The van der Waals surface area contributed by atoms with Crippen LogP contribution in [0.3, 0.4) is 0 Å². The average molecular weight is 360 g/mol. The number of carbonyl (C=O) groups is 2. The second kappa shape index (κ2) is 10.1. The first-order chi connectivity index (χ1) is 10.3. The third-order valence-electron chi connectivity index (χ3n) is 2.06. The molecule has 0 rings (SSSR count). The minimum Gasteiger partial charge on any atom is -0.375 e. The van der Waals surface area contributed by atoms with Gasteiger partial charge in [-0.2, -0.15) is 0 Å². The lowest BCUT2D eigenvalue weighted by atomic mass is 10.5. The summed E-state index contributed by atoms with van der Waals surface area (Å²) in [5.74, 6) is -1.97. The van der Waals surface area contributed by atoms with Gasteiger partial charge in [-0.3, -0.25) is 18.6 Å². The second-order valence-corrected chi connectivity index (χ2v) is 9.51. The lowest BCUT2D eigenvalue weighted by Crippen LogP contribution is -2.15. The first kappa shape index (κ1) is 21.2. The van der Waals surface area contributed by atoms with E-state index in [0.29, 0.717) is 0 Å². The molecule has 0 aliphatic carbocycles. The van der Waals surface area contributed by atoms with E-state index in [1.807, 2.05) is 0 Å². The lowest BCUT2D eigenvalue weighted by molar-refractivity contribution is -0.138. The summed E-state index contributed by atoms with van der Waals surface area (Å²) in [6, 6.07) is 0. The summed E-state index contributed by atoms with van der Waals surface area (Å²) in [6.45, 7) is 2.08. The molecule has 0 bridgehead atoms. The van der Waals surface area contributed by atoms with E-state index in [4.69, 9.17) is 20.5 Å². The number of nitrogens with two attached hydrogens (primary N) is 2. The summed E-state index contributed by atoms with van der Waals surface area (Å²) in [4.78, 5) is 22.8. The predicted molar refractivity (Wildman–Crippen MR) is 78.0 cm³/mol. The normalized spacial score (nSPS) is 12.0. The molecule has 0 aliphatic rings. The van der Waals surface area contributed by atoms with Gasteiger partial charge in [0.15, 0.2) is 0 Å². The molecule has 12 heteroatoms. The molecule has 0 radical (unpaired) electrons. The van der Waals surface area contributed by atoms with E-state index in [-0.39, 0.29) is 39.1 Å². The fraction of sp³-hybridized carbons (Fsp3) is 0.800. The van der Waals surface area contributed by atoms with Crippen molar-refractivity contribution in [2.45, 2.75) is 26.7 Å². The van der Waals surface area contributed by atoms with E-state index in [1.165, 1.54) is 13.8 Å². The van der Waals surface area contributed by atoms with Gasteiger partial charge in [0.05, 0.1) is 13.2 Å². The smallest absolute Gasteiger partial charge is 0.375 e. The fourth-order valence-corrected chi connectivity index (χ4v) is 5.54. The molecule has 0 heterocycles. The summed E-state index contributed by atoms with van der Waals surface area (Å²) in [5.41, 5.74) is 10.5. The molecule has 0 saturated heterocycles. The van der Waals surface area contributed by atoms with E-state index in [9.17, 15) is 18.7 Å². The van der Waals surface area contributed by atoms with Crippen molar-refractivity contribution in [2.75, 3.05) is 26.3 Å². The minimum atomic E-state index is -4.85. The van der Waals surface area contributed by atoms with Gasteiger partial charge in [0.1, 0.15) is 0 Å². The summed E-state index contributed by atoms with van der Waals surface area (Å²) in [6.07, 6.45) is -0.358. The van der Waals surface area contributed by atoms with Gasteiger partial charge < -0.3 is 20.5 Å². The molecule has 4 N–H and O–H groups in total. The molecule has 0 aliphatic heterocycles. The predicted octanol–water partition coefficient (Wildman–Crippen LogP) is 1.14. The SMILES string of the molecule is CCC(=O)OP(=O)(OC(=O)CC)P(=O)(OCCN)OCCN.